The number of carbonyl (C=O) groups excluding carboxylic acids is 2. The first-order valence-electron chi connectivity index (χ1n) is 8.37. The Bertz CT molecular complexity index is 1100. The number of para-hydroxylation sites is 2. The van der Waals surface area contributed by atoms with Gasteiger partial charge in [0.1, 0.15) is 17.4 Å². The molecule has 1 fully saturated rings. The largest absolute Gasteiger partial charge is 0.495 e. The third-order valence-corrected chi connectivity index (χ3v) is 4.43. The van der Waals surface area contributed by atoms with Crippen molar-refractivity contribution in [1.29, 1.82) is 0 Å². The van der Waals surface area contributed by atoms with Gasteiger partial charge in [0, 0.05) is 17.1 Å². The molecular weight excluding hydrogens is 348 g/mol. The zero-order valence-corrected chi connectivity index (χ0v) is 14.5. The Balaban J connectivity index is 1.60. The Labute approximate surface area is 154 Å². The van der Waals surface area contributed by atoms with Crippen LogP contribution in [0, 0.1) is 0 Å². The van der Waals surface area contributed by atoms with Gasteiger partial charge in [-0.25, -0.2) is 9.69 Å². The van der Waals surface area contributed by atoms with Gasteiger partial charge in [0.05, 0.1) is 19.2 Å². The van der Waals surface area contributed by atoms with E-state index in [1.165, 1.54) is 13.2 Å². The first kappa shape index (κ1) is 16.8. The molecule has 1 aliphatic rings. The normalized spacial score (nSPS) is 16.8. The van der Waals surface area contributed by atoms with Crippen LogP contribution in [-0.2, 0) is 9.59 Å². The molecular formula is C20H16N2O5. The van der Waals surface area contributed by atoms with Gasteiger partial charge >= 0.3 is 5.63 Å². The molecule has 1 saturated heterocycles. The molecule has 2 heterocycles. The predicted molar refractivity (Wildman–Crippen MR) is 100.0 cm³/mol. The molecule has 2 amide bonds. The molecule has 1 aliphatic heterocycles. The molecule has 4 rings (SSSR count). The van der Waals surface area contributed by atoms with Crippen LogP contribution in [-0.4, -0.2) is 25.0 Å². The van der Waals surface area contributed by atoms with Gasteiger partial charge in [-0.1, -0.05) is 12.1 Å². The summed E-state index contributed by atoms with van der Waals surface area (Å²) in [6, 6.07) is 14.3. The Morgan fingerprint density at radius 3 is 2.70 bits per heavy atom. The van der Waals surface area contributed by atoms with Gasteiger partial charge < -0.3 is 14.5 Å². The quantitative estimate of drug-likeness (QED) is 0.565. The number of carbonyl (C=O) groups is 2. The number of nitrogens with zero attached hydrogens (tertiary/aromatic N) is 1. The average molecular weight is 364 g/mol. The number of rotatable bonds is 4. The van der Waals surface area contributed by atoms with Crippen molar-refractivity contribution in [3.63, 3.8) is 0 Å². The molecule has 136 valence electrons. The van der Waals surface area contributed by atoms with E-state index in [4.69, 9.17) is 9.15 Å². The van der Waals surface area contributed by atoms with Crippen molar-refractivity contribution in [1.82, 2.24) is 0 Å². The molecule has 0 radical (unpaired) electrons. The standard InChI is InChI=1S/C20H16N2O5/c1-26-17-5-3-2-4-15(17)22-18(23)11-14(20(22)25)21-13-7-8-16-12(10-13)6-9-19(24)27-16/h2-10,14,21H,11H2,1H3. The van der Waals surface area contributed by atoms with Crippen LogP contribution in [0.25, 0.3) is 11.0 Å². The summed E-state index contributed by atoms with van der Waals surface area (Å²) in [5.41, 5.74) is 1.12. The highest BCUT2D eigenvalue weighted by Crippen LogP contribution is 2.32. The van der Waals surface area contributed by atoms with Crippen molar-refractivity contribution < 1.29 is 18.7 Å². The Morgan fingerprint density at radius 1 is 1.07 bits per heavy atom. The Kier molecular flexibility index (Phi) is 4.12. The summed E-state index contributed by atoms with van der Waals surface area (Å²) in [4.78, 5) is 37.7. The lowest BCUT2D eigenvalue weighted by Crippen LogP contribution is -2.35. The van der Waals surface area contributed by atoms with E-state index in [-0.39, 0.29) is 18.2 Å². The fourth-order valence-electron chi connectivity index (χ4n) is 3.18. The van der Waals surface area contributed by atoms with Crippen LogP contribution in [0.5, 0.6) is 5.75 Å². The summed E-state index contributed by atoms with van der Waals surface area (Å²) < 4.78 is 10.4. The van der Waals surface area contributed by atoms with Crippen LogP contribution in [0.3, 0.4) is 0 Å². The minimum absolute atomic E-state index is 0.0405. The zero-order valence-electron chi connectivity index (χ0n) is 14.5. The van der Waals surface area contributed by atoms with Crippen LogP contribution < -0.4 is 20.6 Å². The minimum Gasteiger partial charge on any atom is -0.495 e. The summed E-state index contributed by atoms with van der Waals surface area (Å²) in [6.45, 7) is 0. The van der Waals surface area contributed by atoms with Crippen molar-refractivity contribution in [2.24, 2.45) is 0 Å². The second kappa shape index (κ2) is 6.60. The average Bonchev–Trinajstić information content (AvgIpc) is 2.95. The first-order valence-corrected chi connectivity index (χ1v) is 8.37. The van der Waals surface area contributed by atoms with Gasteiger partial charge in [-0.05, 0) is 36.4 Å². The van der Waals surface area contributed by atoms with Crippen molar-refractivity contribution in [3.8, 4) is 5.75 Å². The van der Waals surface area contributed by atoms with E-state index in [9.17, 15) is 14.4 Å². The Hall–Kier alpha value is -3.61. The fraction of sp³-hybridized carbons (Fsp3) is 0.150. The number of anilines is 2. The summed E-state index contributed by atoms with van der Waals surface area (Å²) in [6.07, 6.45) is 0.0405. The molecule has 3 aromatic rings. The van der Waals surface area contributed by atoms with Gasteiger partial charge in [-0.2, -0.15) is 0 Å². The molecule has 27 heavy (non-hydrogen) atoms. The van der Waals surface area contributed by atoms with Crippen molar-refractivity contribution in [3.05, 3.63) is 65.0 Å². The zero-order chi connectivity index (χ0) is 19.0. The van der Waals surface area contributed by atoms with Gasteiger partial charge in [0.25, 0.3) is 5.91 Å². The monoisotopic (exact) mass is 364 g/mol. The number of amides is 2. The number of hydrogen-bond acceptors (Lipinski definition) is 6. The molecule has 0 aliphatic carbocycles. The number of benzene rings is 2. The lowest BCUT2D eigenvalue weighted by molar-refractivity contribution is -0.121. The van der Waals surface area contributed by atoms with E-state index >= 15 is 0 Å². The second-order valence-corrected chi connectivity index (χ2v) is 6.15. The SMILES string of the molecule is COc1ccccc1N1C(=O)CC(Nc2ccc3oc(=O)ccc3c2)C1=O. The highest BCUT2D eigenvalue weighted by atomic mass is 16.5. The van der Waals surface area contributed by atoms with E-state index in [1.54, 1.807) is 48.5 Å². The highest BCUT2D eigenvalue weighted by Gasteiger charge is 2.40. The maximum absolute atomic E-state index is 12.8. The summed E-state index contributed by atoms with van der Waals surface area (Å²) in [7, 11) is 1.49. The van der Waals surface area contributed by atoms with Gasteiger partial charge in [0.15, 0.2) is 0 Å². The molecule has 2 aromatic carbocycles. The van der Waals surface area contributed by atoms with E-state index in [0.29, 0.717) is 22.7 Å². The van der Waals surface area contributed by atoms with Crippen molar-refractivity contribution in [2.75, 3.05) is 17.3 Å². The smallest absolute Gasteiger partial charge is 0.336 e. The molecule has 1 aromatic heterocycles. The lowest BCUT2D eigenvalue weighted by Gasteiger charge is -2.18. The molecule has 1 atom stereocenters. The van der Waals surface area contributed by atoms with Crippen LogP contribution in [0.15, 0.2) is 63.8 Å². The number of fused-ring (bicyclic) bond motifs is 1. The summed E-state index contributed by atoms with van der Waals surface area (Å²) in [5.74, 6) is -0.182. The van der Waals surface area contributed by atoms with E-state index in [1.807, 2.05) is 0 Å². The van der Waals surface area contributed by atoms with Gasteiger partial charge in [-0.15, -0.1) is 0 Å². The van der Waals surface area contributed by atoms with Crippen LogP contribution in [0.1, 0.15) is 6.42 Å². The maximum Gasteiger partial charge on any atom is 0.336 e. The van der Waals surface area contributed by atoms with Crippen LogP contribution >= 0.6 is 0 Å². The maximum atomic E-state index is 12.8. The molecule has 0 saturated carbocycles. The molecule has 1 N–H and O–H groups in total. The van der Waals surface area contributed by atoms with Gasteiger partial charge in [-0.3, -0.25) is 9.59 Å². The fourth-order valence-corrected chi connectivity index (χ4v) is 3.18. The predicted octanol–water partition coefficient (Wildman–Crippen LogP) is 2.55. The lowest BCUT2D eigenvalue weighted by atomic mass is 10.2. The minimum atomic E-state index is -0.685. The van der Waals surface area contributed by atoms with E-state index < -0.39 is 11.7 Å². The molecule has 0 spiro atoms. The topological polar surface area (TPSA) is 88.8 Å². The molecule has 7 heteroatoms. The molecule has 1 unspecified atom stereocenters. The number of hydrogen-bond donors (Lipinski definition) is 1. The Morgan fingerprint density at radius 2 is 1.89 bits per heavy atom. The van der Waals surface area contributed by atoms with Crippen LogP contribution in [0.4, 0.5) is 11.4 Å². The third kappa shape index (κ3) is 3.03. The third-order valence-electron chi connectivity index (χ3n) is 4.43. The number of ether oxygens (including phenoxy) is 1. The van der Waals surface area contributed by atoms with Crippen LogP contribution in [0.2, 0.25) is 0 Å². The van der Waals surface area contributed by atoms with Crippen molar-refractivity contribution >= 4 is 34.2 Å². The van der Waals surface area contributed by atoms with Crippen molar-refractivity contribution in [2.45, 2.75) is 12.5 Å². The number of nitrogens with one attached hydrogen (secondary N) is 1. The van der Waals surface area contributed by atoms with Gasteiger partial charge in [0.2, 0.25) is 5.91 Å². The second-order valence-electron chi connectivity index (χ2n) is 6.15. The van der Waals surface area contributed by atoms with E-state index in [2.05, 4.69) is 5.32 Å². The highest BCUT2D eigenvalue weighted by molar-refractivity contribution is 6.23. The summed E-state index contributed by atoms with van der Waals surface area (Å²) in [5, 5.41) is 3.81. The number of imide groups is 1. The molecule has 7 nitrogen and oxygen atoms in total. The first-order chi connectivity index (χ1) is 13.1. The molecule has 0 bridgehead atoms. The number of methoxy groups -OCH3 is 1. The van der Waals surface area contributed by atoms with E-state index in [0.717, 1.165) is 10.3 Å². The summed E-state index contributed by atoms with van der Waals surface area (Å²) >= 11 is 0.